The summed E-state index contributed by atoms with van der Waals surface area (Å²) in [6, 6.07) is 7.03. The molecule has 1 aromatic rings. The second-order valence-corrected chi connectivity index (χ2v) is 6.57. The van der Waals surface area contributed by atoms with Gasteiger partial charge in [0.1, 0.15) is 11.5 Å². The van der Waals surface area contributed by atoms with E-state index in [0.717, 1.165) is 12.8 Å². The van der Waals surface area contributed by atoms with E-state index in [1.165, 1.54) is 6.42 Å². The molecular formula is C19H27NO5. The summed E-state index contributed by atoms with van der Waals surface area (Å²) >= 11 is 0. The summed E-state index contributed by atoms with van der Waals surface area (Å²) in [4.78, 5) is 23.7. The molecule has 0 heterocycles. The highest BCUT2D eigenvalue weighted by Gasteiger charge is 2.28. The van der Waals surface area contributed by atoms with Crippen molar-refractivity contribution in [3.63, 3.8) is 0 Å². The van der Waals surface area contributed by atoms with Gasteiger partial charge in [0.05, 0.1) is 7.11 Å². The zero-order valence-corrected chi connectivity index (χ0v) is 15.1. The predicted octanol–water partition coefficient (Wildman–Crippen LogP) is 2.56. The van der Waals surface area contributed by atoms with Gasteiger partial charge in [-0.3, -0.25) is 4.79 Å². The highest BCUT2D eigenvalue weighted by molar-refractivity contribution is 5.81. The van der Waals surface area contributed by atoms with Gasteiger partial charge in [0.15, 0.2) is 13.2 Å². The molecule has 138 valence electrons. The van der Waals surface area contributed by atoms with Crippen molar-refractivity contribution in [1.29, 1.82) is 0 Å². The summed E-state index contributed by atoms with van der Waals surface area (Å²) in [6.07, 6.45) is 3.29. The first-order valence-corrected chi connectivity index (χ1v) is 8.71. The molecule has 6 nitrogen and oxygen atoms in total. The molecule has 0 radical (unpaired) electrons. The molecule has 0 saturated heterocycles. The number of carbonyl (C=O) groups is 2. The van der Waals surface area contributed by atoms with Crippen LogP contribution in [0.25, 0.3) is 0 Å². The van der Waals surface area contributed by atoms with E-state index in [-0.39, 0.29) is 25.2 Å². The Kier molecular flexibility index (Phi) is 7.10. The molecule has 0 aromatic heterocycles. The third-order valence-corrected chi connectivity index (χ3v) is 4.83. The standard InChI is InChI=1S/C19H27NO5/c1-13-5-4-6-17(14(13)2)20-18(21)11-25-19(22)12-24-16-9-7-15(23-3)8-10-16/h7-10,13-14,17H,4-6,11-12H2,1-3H3,(H,20,21)/t13-,14+,17+/m0/s1. The smallest absolute Gasteiger partial charge is 0.344 e. The van der Waals surface area contributed by atoms with Crippen LogP contribution in [-0.2, 0) is 14.3 Å². The lowest BCUT2D eigenvalue weighted by molar-refractivity contribution is -0.150. The molecular weight excluding hydrogens is 322 g/mol. The number of rotatable bonds is 7. The van der Waals surface area contributed by atoms with Crippen LogP contribution >= 0.6 is 0 Å². The van der Waals surface area contributed by atoms with Crippen LogP contribution in [0.3, 0.4) is 0 Å². The Bertz CT molecular complexity index is 572. The van der Waals surface area contributed by atoms with Crippen molar-refractivity contribution in [2.75, 3.05) is 20.3 Å². The molecule has 0 aliphatic heterocycles. The SMILES string of the molecule is COc1ccc(OCC(=O)OCC(=O)N[C@@H]2CCC[C@H](C)[C@H]2C)cc1. The van der Waals surface area contributed by atoms with Gasteiger partial charge in [0, 0.05) is 6.04 Å². The number of esters is 1. The topological polar surface area (TPSA) is 73.9 Å². The molecule has 25 heavy (non-hydrogen) atoms. The van der Waals surface area contributed by atoms with Gasteiger partial charge in [-0.05, 0) is 42.5 Å². The molecule has 1 saturated carbocycles. The average Bonchev–Trinajstić information content (AvgIpc) is 2.62. The van der Waals surface area contributed by atoms with E-state index in [4.69, 9.17) is 14.2 Å². The van der Waals surface area contributed by atoms with Crippen LogP contribution in [0.5, 0.6) is 11.5 Å². The number of ether oxygens (including phenoxy) is 3. The van der Waals surface area contributed by atoms with Crippen LogP contribution < -0.4 is 14.8 Å². The highest BCUT2D eigenvalue weighted by atomic mass is 16.6. The summed E-state index contributed by atoms with van der Waals surface area (Å²) in [7, 11) is 1.58. The molecule has 1 amide bonds. The Hall–Kier alpha value is -2.24. The zero-order chi connectivity index (χ0) is 18.2. The number of carbonyl (C=O) groups excluding carboxylic acids is 2. The Morgan fingerprint density at radius 3 is 2.44 bits per heavy atom. The minimum atomic E-state index is -0.573. The Balaban J connectivity index is 1.67. The number of nitrogens with one attached hydrogen (secondary N) is 1. The molecule has 6 heteroatoms. The number of methoxy groups -OCH3 is 1. The lowest BCUT2D eigenvalue weighted by Crippen LogP contribution is -2.45. The van der Waals surface area contributed by atoms with Crippen molar-refractivity contribution in [3.8, 4) is 11.5 Å². The normalized spacial score (nSPS) is 22.8. The van der Waals surface area contributed by atoms with E-state index in [0.29, 0.717) is 23.3 Å². The second kappa shape index (κ2) is 9.30. The molecule has 1 N–H and O–H groups in total. The van der Waals surface area contributed by atoms with Crippen LogP contribution in [0.2, 0.25) is 0 Å². The molecule has 1 aliphatic rings. The molecule has 2 rings (SSSR count). The van der Waals surface area contributed by atoms with Gasteiger partial charge < -0.3 is 19.5 Å². The third-order valence-electron chi connectivity index (χ3n) is 4.83. The molecule has 1 aromatic carbocycles. The van der Waals surface area contributed by atoms with Crippen LogP contribution in [0.15, 0.2) is 24.3 Å². The maximum absolute atomic E-state index is 12.0. The third kappa shape index (κ3) is 5.96. The molecule has 1 aliphatic carbocycles. The maximum Gasteiger partial charge on any atom is 0.344 e. The molecule has 0 spiro atoms. The Morgan fingerprint density at radius 1 is 1.08 bits per heavy atom. The molecule has 0 unspecified atom stereocenters. The summed E-state index contributed by atoms with van der Waals surface area (Å²) < 4.78 is 15.3. The van der Waals surface area contributed by atoms with Crippen LogP contribution in [-0.4, -0.2) is 38.2 Å². The van der Waals surface area contributed by atoms with Gasteiger partial charge in [0.25, 0.3) is 5.91 Å². The average molecular weight is 349 g/mol. The van der Waals surface area contributed by atoms with Crippen molar-refractivity contribution in [2.24, 2.45) is 11.8 Å². The van der Waals surface area contributed by atoms with Gasteiger partial charge in [-0.1, -0.05) is 26.7 Å². The van der Waals surface area contributed by atoms with Crippen molar-refractivity contribution in [2.45, 2.75) is 39.2 Å². The fraction of sp³-hybridized carbons (Fsp3) is 0.579. The van der Waals surface area contributed by atoms with Gasteiger partial charge in [-0.25, -0.2) is 4.79 Å². The number of amides is 1. The van der Waals surface area contributed by atoms with Crippen LogP contribution in [0.4, 0.5) is 0 Å². The summed E-state index contributed by atoms with van der Waals surface area (Å²) in [5, 5.41) is 2.97. The minimum Gasteiger partial charge on any atom is -0.497 e. The summed E-state index contributed by atoms with van der Waals surface area (Å²) in [5.74, 6) is 1.44. The monoisotopic (exact) mass is 349 g/mol. The first-order chi connectivity index (χ1) is 12.0. The Labute approximate surface area is 148 Å². The van der Waals surface area contributed by atoms with Crippen LogP contribution in [0.1, 0.15) is 33.1 Å². The van der Waals surface area contributed by atoms with Gasteiger partial charge in [0.2, 0.25) is 0 Å². The summed E-state index contributed by atoms with van der Waals surface area (Å²) in [6.45, 7) is 3.85. The van der Waals surface area contributed by atoms with E-state index in [9.17, 15) is 9.59 Å². The number of benzene rings is 1. The van der Waals surface area contributed by atoms with Crippen molar-refractivity contribution >= 4 is 11.9 Å². The van der Waals surface area contributed by atoms with Crippen molar-refractivity contribution < 1.29 is 23.8 Å². The first-order valence-electron chi connectivity index (χ1n) is 8.71. The first kappa shape index (κ1) is 19.1. The fourth-order valence-electron chi connectivity index (χ4n) is 3.04. The molecule has 3 atom stereocenters. The van der Waals surface area contributed by atoms with Crippen molar-refractivity contribution in [1.82, 2.24) is 5.32 Å². The maximum atomic E-state index is 12.0. The van der Waals surface area contributed by atoms with E-state index < -0.39 is 5.97 Å². The van der Waals surface area contributed by atoms with E-state index in [1.54, 1.807) is 31.4 Å². The molecule has 0 bridgehead atoms. The number of hydrogen-bond donors (Lipinski definition) is 1. The summed E-state index contributed by atoms with van der Waals surface area (Å²) in [5.41, 5.74) is 0. The van der Waals surface area contributed by atoms with E-state index in [1.807, 2.05) is 0 Å². The van der Waals surface area contributed by atoms with Crippen molar-refractivity contribution in [3.05, 3.63) is 24.3 Å². The lowest BCUT2D eigenvalue weighted by atomic mass is 9.78. The highest BCUT2D eigenvalue weighted by Crippen LogP contribution is 2.29. The lowest BCUT2D eigenvalue weighted by Gasteiger charge is -2.34. The second-order valence-electron chi connectivity index (χ2n) is 6.57. The van der Waals surface area contributed by atoms with Crippen LogP contribution in [0, 0.1) is 11.8 Å². The Morgan fingerprint density at radius 2 is 1.76 bits per heavy atom. The quantitative estimate of drug-likeness (QED) is 0.766. The van der Waals surface area contributed by atoms with Gasteiger partial charge >= 0.3 is 5.97 Å². The predicted molar refractivity (Wildman–Crippen MR) is 93.6 cm³/mol. The van der Waals surface area contributed by atoms with Gasteiger partial charge in [-0.2, -0.15) is 0 Å². The fourth-order valence-corrected chi connectivity index (χ4v) is 3.04. The zero-order valence-electron chi connectivity index (χ0n) is 15.1. The largest absolute Gasteiger partial charge is 0.497 e. The van der Waals surface area contributed by atoms with Gasteiger partial charge in [-0.15, -0.1) is 0 Å². The molecule has 1 fully saturated rings. The minimum absolute atomic E-state index is 0.158. The number of hydrogen-bond acceptors (Lipinski definition) is 5. The van der Waals surface area contributed by atoms with E-state index >= 15 is 0 Å². The van der Waals surface area contributed by atoms with E-state index in [2.05, 4.69) is 19.2 Å².